The van der Waals surface area contributed by atoms with Gasteiger partial charge in [0.1, 0.15) is 5.76 Å². The molecular weight excluding hydrogens is 367 g/mol. The molecular formula is C17H10Cl2N2O4. The number of amides is 1. The SMILES string of the molecule is O=C(Nc1ccc([N+](=O)[O-])cc1)c1ccc(-c2ccc(Cl)cc2Cl)o1. The number of furan rings is 1. The van der Waals surface area contributed by atoms with Crippen molar-refractivity contribution in [2.24, 2.45) is 0 Å². The van der Waals surface area contributed by atoms with Crippen LogP contribution in [0.1, 0.15) is 10.6 Å². The van der Waals surface area contributed by atoms with E-state index in [4.69, 9.17) is 27.6 Å². The fourth-order valence-electron chi connectivity index (χ4n) is 2.15. The number of hydrogen-bond acceptors (Lipinski definition) is 4. The molecule has 0 bridgehead atoms. The lowest BCUT2D eigenvalue weighted by molar-refractivity contribution is -0.384. The summed E-state index contributed by atoms with van der Waals surface area (Å²) in [5.74, 6) is 0.0278. The second-order valence-corrected chi connectivity index (χ2v) is 5.89. The maximum atomic E-state index is 12.2. The van der Waals surface area contributed by atoms with Gasteiger partial charge in [0.2, 0.25) is 0 Å². The first-order valence-corrected chi connectivity index (χ1v) is 7.81. The number of non-ortho nitro benzene ring substituents is 1. The van der Waals surface area contributed by atoms with Crippen molar-refractivity contribution < 1.29 is 14.1 Å². The zero-order chi connectivity index (χ0) is 18.0. The Morgan fingerprint density at radius 2 is 1.76 bits per heavy atom. The van der Waals surface area contributed by atoms with Crippen LogP contribution in [-0.2, 0) is 0 Å². The van der Waals surface area contributed by atoms with Gasteiger partial charge in [0.25, 0.3) is 11.6 Å². The molecule has 0 aliphatic heterocycles. The molecule has 6 nitrogen and oxygen atoms in total. The summed E-state index contributed by atoms with van der Waals surface area (Å²) in [5, 5.41) is 14.1. The fraction of sp³-hybridized carbons (Fsp3) is 0. The van der Waals surface area contributed by atoms with E-state index < -0.39 is 10.8 Å². The molecule has 0 saturated carbocycles. The maximum absolute atomic E-state index is 12.2. The van der Waals surface area contributed by atoms with E-state index in [1.165, 1.54) is 30.3 Å². The van der Waals surface area contributed by atoms with Crippen LogP contribution < -0.4 is 5.32 Å². The van der Waals surface area contributed by atoms with Crippen molar-refractivity contribution in [3.8, 4) is 11.3 Å². The van der Waals surface area contributed by atoms with Gasteiger partial charge in [0.15, 0.2) is 5.76 Å². The van der Waals surface area contributed by atoms with Crippen LogP contribution in [0.15, 0.2) is 59.0 Å². The molecule has 3 rings (SSSR count). The van der Waals surface area contributed by atoms with Crippen molar-refractivity contribution in [2.45, 2.75) is 0 Å². The molecule has 1 heterocycles. The minimum atomic E-state index is -0.514. The number of benzene rings is 2. The number of nitro benzene ring substituents is 1. The predicted molar refractivity (Wildman–Crippen MR) is 95.2 cm³/mol. The average Bonchev–Trinajstić information content (AvgIpc) is 3.05. The Kier molecular flexibility index (Phi) is 4.74. The molecule has 0 atom stereocenters. The Labute approximate surface area is 152 Å². The Morgan fingerprint density at radius 1 is 1.04 bits per heavy atom. The molecule has 3 aromatic rings. The van der Waals surface area contributed by atoms with E-state index in [1.54, 1.807) is 24.3 Å². The highest BCUT2D eigenvalue weighted by Crippen LogP contribution is 2.31. The molecule has 0 aliphatic carbocycles. The third-order valence-electron chi connectivity index (χ3n) is 3.36. The van der Waals surface area contributed by atoms with Gasteiger partial charge in [-0.1, -0.05) is 23.2 Å². The summed E-state index contributed by atoms with van der Waals surface area (Å²) in [6.45, 7) is 0. The van der Waals surface area contributed by atoms with E-state index in [9.17, 15) is 14.9 Å². The lowest BCUT2D eigenvalue weighted by atomic mass is 10.2. The van der Waals surface area contributed by atoms with Crippen LogP contribution in [0.5, 0.6) is 0 Å². The lowest BCUT2D eigenvalue weighted by Gasteiger charge is -2.03. The Hall–Kier alpha value is -2.83. The number of nitrogens with zero attached hydrogens (tertiary/aromatic N) is 1. The molecule has 0 radical (unpaired) electrons. The first-order valence-electron chi connectivity index (χ1n) is 7.05. The van der Waals surface area contributed by atoms with Gasteiger partial charge in [0, 0.05) is 28.4 Å². The quantitative estimate of drug-likeness (QED) is 0.486. The van der Waals surface area contributed by atoms with Crippen molar-refractivity contribution in [1.29, 1.82) is 0 Å². The third-order valence-corrected chi connectivity index (χ3v) is 3.91. The predicted octanol–water partition coefficient (Wildman–Crippen LogP) is 5.41. The summed E-state index contributed by atoms with van der Waals surface area (Å²) in [5.41, 5.74) is 0.967. The molecule has 0 saturated heterocycles. The van der Waals surface area contributed by atoms with Crippen LogP contribution in [0.4, 0.5) is 11.4 Å². The minimum absolute atomic E-state index is 0.0596. The molecule has 1 amide bonds. The fourth-order valence-corrected chi connectivity index (χ4v) is 2.65. The zero-order valence-electron chi connectivity index (χ0n) is 12.5. The van der Waals surface area contributed by atoms with Gasteiger partial charge in [0.05, 0.1) is 9.95 Å². The highest BCUT2D eigenvalue weighted by Gasteiger charge is 2.15. The van der Waals surface area contributed by atoms with Crippen LogP contribution in [0.2, 0.25) is 10.0 Å². The third kappa shape index (κ3) is 3.81. The topological polar surface area (TPSA) is 85.4 Å². The first-order chi connectivity index (χ1) is 11.9. The molecule has 25 heavy (non-hydrogen) atoms. The molecule has 126 valence electrons. The normalized spacial score (nSPS) is 10.5. The molecule has 0 spiro atoms. The number of nitrogens with one attached hydrogen (secondary N) is 1. The summed E-state index contributed by atoms with van der Waals surface area (Å²) >= 11 is 12.0. The Bertz CT molecular complexity index is 952. The van der Waals surface area contributed by atoms with Crippen LogP contribution in [-0.4, -0.2) is 10.8 Å². The minimum Gasteiger partial charge on any atom is -0.451 e. The van der Waals surface area contributed by atoms with Gasteiger partial charge in [-0.25, -0.2) is 0 Å². The van der Waals surface area contributed by atoms with Crippen LogP contribution >= 0.6 is 23.2 Å². The van der Waals surface area contributed by atoms with E-state index >= 15 is 0 Å². The second kappa shape index (κ2) is 6.96. The van der Waals surface area contributed by atoms with Crippen molar-refractivity contribution >= 4 is 40.5 Å². The number of nitro groups is 1. The largest absolute Gasteiger partial charge is 0.451 e. The summed E-state index contributed by atoms with van der Waals surface area (Å²) in [4.78, 5) is 22.3. The van der Waals surface area contributed by atoms with E-state index in [0.717, 1.165) is 0 Å². The maximum Gasteiger partial charge on any atom is 0.291 e. The van der Waals surface area contributed by atoms with Gasteiger partial charge in [-0.15, -0.1) is 0 Å². The number of carbonyl (C=O) groups excluding carboxylic acids is 1. The van der Waals surface area contributed by atoms with E-state index in [0.29, 0.717) is 27.1 Å². The second-order valence-electron chi connectivity index (χ2n) is 5.05. The van der Waals surface area contributed by atoms with Crippen LogP contribution in [0.25, 0.3) is 11.3 Å². The molecule has 2 aromatic carbocycles. The highest BCUT2D eigenvalue weighted by atomic mass is 35.5. The van der Waals surface area contributed by atoms with Gasteiger partial charge in [-0.05, 0) is 42.5 Å². The highest BCUT2D eigenvalue weighted by molar-refractivity contribution is 6.36. The van der Waals surface area contributed by atoms with Gasteiger partial charge in [-0.3, -0.25) is 14.9 Å². The number of rotatable bonds is 4. The van der Waals surface area contributed by atoms with E-state index in [-0.39, 0.29) is 11.4 Å². The number of anilines is 1. The molecule has 1 aromatic heterocycles. The standard InChI is InChI=1S/C17H10Cl2N2O4/c18-10-1-6-13(14(19)9-10)15-7-8-16(25-15)17(22)20-11-2-4-12(5-3-11)21(23)24/h1-9H,(H,20,22). The van der Waals surface area contributed by atoms with Gasteiger partial charge in [-0.2, -0.15) is 0 Å². The summed E-state index contributed by atoms with van der Waals surface area (Å²) in [6.07, 6.45) is 0. The first kappa shape index (κ1) is 17.0. The summed E-state index contributed by atoms with van der Waals surface area (Å²) < 4.78 is 5.54. The van der Waals surface area contributed by atoms with Crippen molar-refractivity contribution in [3.63, 3.8) is 0 Å². The molecule has 0 fully saturated rings. The number of halogens is 2. The Balaban J connectivity index is 1.77. The van der Waals surface area contributed by atoms with E-state index in [1.807, 2.05) is 0 Å². The van der Waals surface area contributed by atoms with Gasteiger partial charge < -0.3 is 9.73 Å². The average molecular weight is 377 g/mol. The van der Waals surface area contributed by atoms with E-state index in [2.05, 4.69) is 5.32 Å². The van der Waals surface area contributed by atoms with Crippen molar-refractivity contribution in [1.82, 2.24) is 0 Å². The number of hydrogen-bond donors (Lipinski definition) is 1. The lowest BCUT2D eigenvalue weighted by Crippen LogP contribution is -2.10. The number of carbonyl (C=O) groups is 1. The van der Waals surface area contributed by atoms with Gasteiger partial charge >= 0.3 is 0 Å². The molecule has 8 heteroatoms. The molecule has 1 N–H and O–H groups in total. The zero-order valence-corrected chi connectivity index (χ0v) is 14.0. The Morgan fingerprint density at radius 3 is 2.40 bits per heavy atom. The summed E-state index contributed by atoms with van der Waals surface area (Å²) in [7, 11) is 0. The van der Waals surface area contributed by atoms with Crippen LogP contribution in [0.3, 0.4) is 0 Å². The smallest absolute Gasteiger partial charge is 0.291 e. The van der Waals surface area contributed by atoms with Crippen molar-refractivity contribution in [3.05, 3.63) is 80.5 Å². The molecule has 0 aliphatic rings. The monoisotopic (exact) mass is 376 g/mol. The summed E-state index contributed by atoms with van der Waals surface area (Å²) in [6, 6.07) is 13.6. The van der Waals surface area contributed by atoms with Crippen molar-refractivity contribution in [2.75, 3.05) is 5.32 Å². The van der Waals surface area contributed by atoms with Crippen LogP contribution in [0, 0.1) is 10.1 Å². The molecule has 0 unspecified atom stereocenters.